The molecule has 2 nitrogen and oxygen atoms in total. The van der Waals surface area contributed by atoms with Gasteiger partial charge >= 0.3 is 0 Å². The molecule has 0 aliphatic rings. The predicted octanol–water partition coefficient (Wildman–Crippen LogP) is 7.05. The van der Waals surface area contributed by atoms with Gasteiger partial charge in [0.05, 0.1) is 0 Å². The Kier molecular flexibility index (Phi) is 11.8. The van der Waals surface area contributed by atoms with Crippen LogP contribution in [0, 0.1) is 0 Å². The highest BCUT2D eigenvalue weighted by Crippen LogP contribution is 2.23. The number of unbranched alkanes of at least 4 members (excludes halogenated alkanes) is 4. The van der Waals surface area contributed by atoms with Crippen molar-refractivity contribution < 1.29 is 4.74 Å². The molecule has 0 saturated heterocycles. The van der Waals surface area contributed by atoms with Gasteiger partial charge in [-0.05, 0) is 42.8 Å². The first kappa shape index (κ1) is 23.1. The van der Waals surface area contributed by atoms with Crippen LogP contribution in [-0.4, -0.2) is 6.54 Å². The molecule has 0 aromatic heterocycles. The third kappa shape index (κ3) is 8.64. The van der Waals surface area contributed by atoms with Crippen molar-refractivity contribution in [3.8, 4) is 5.75 Å². The van der Waals surface area contributed by atoms with E-state index in [0.717, 1.165) is 24.4 Å². The summed E-state index contributed by atoms with van der Waals surface area (Å²) in [4.78, 5) is 0. The monoisotopic (exact) mass is 415 g/mol. The smallest absolute Gasteiger partial charge is 0.120 e. The Morgan fingerprint density at radius 2 is 1.77 bits per heavy atom. The van der Waals surface area contributed by atoms with E-state index >= 15 is 0 Å². The molecule has 1 N–H and O–H groups in total. The summed E-state index contributed by atoms with van der Waals surface area (Å²) >= 11 is 12.1. The van der Waals surface area contributed by atoms with E-state index < -0.39 is 0 Å². The Hall–Kier alpha value is -0.930. The van der Waals surface area contributed by atoms with Crippen molar-refractivity contribution in [2.45, 2.75) is 52.2 Å². The van der Waals surface area contributed by atoms with Gasteiger partial charge in [-0.25, -0.2) is 0 Å². The lowest BCUT2D eigenvalue weighted by Crippen LogP contribution is -2.14. The van der Waals surface area contributed by atoms with Gasteiger partial charge < -0.3 is 10.1 Å². The predicted molar refractivity (Wildman–Crippen MR) is 115 cm³/mol. The molecule has 2 rings (SSSR count). The summed E-state index contributed by atoms with van der Waals surface area (Å²) in [6.45, 7) is 4.61. The van der Waals surface area contributed by atoms with Crippen molar-refractivity contribution in [2.75, 3.05) is 6.54 Å². The molecule has 5 heteroatoms. The number of benzene rings is 2. The first-order chi connectivity index (χ1) is 12.2. The number of nitrogens with one attached hydrogen (secondary N) is 1. The zero-order valence-electron chi connectivity index (χ0n) is 15.3. The average Bonchev–Trinajstić information content (AvgIpc) is 2.61. The van der Waals surface area contributed by atoms with E-state index in [1.807, 2.05) is 24.3 Å². The highest BCUT2D eigenvalue weighted by molar-refractivity contribution is 6.35. The lowest BCUT2D eigenvalue weighted by atomic mass is 10.1. The van der Waals surface area contributed by atoms with Crippen LogP contribution >= 0.6 is 35.6 Å². The van der Waals surface area contributed by atoms with Crippen LogP contribution in [0.15, 0.2) is 42.5 Å². The molecule has 0 bridgehead atoms. The van der Waals surface area contributed by atoms with Crippen LogP contribution < -0.4 is 10.1 Å². The fourth-order valence-electron chi connectivity index (χ4n) is 2.63. The first-order valence-corrected chi connectivity index (χ1v) is 9.81. The third-order valence-corrected chi connectivity index (χ3v) is 4.68. The van der Waals surface area contributed by atoms with Crippen molar-refractivity contribution in [1.29, 1.82) is 0 Å². The van der Waals surface area contributed by atoms with E-state index in [1.165, 1.54) is 37.7 Å². The Morgan fingerprint density at radius 1 is 0.962 bits per heavy atom. The molecule has 0 atom stereocenters. The van der Waals surface area contributed by atoms with Gasteiger partial charge in [0.1, 0.15) is 12.4 Å². The zero-order valence-corrected chi connectivity index (χ0v) is 17.6. The van der Waals surface area contributed by atoms with Crippen LogP contribution in [0.3, 0.4) is 0 Å². The van der Waals surface area contributed by atoms with Gasteiger partial charge in [0.15, 0.2) is 0 Å². The molecule has 0 fully saturated rings. The molecule has 0 radical (unpaired) electrons. The minimum absolute atomic E-state index is 0. The number of hydrogen-bond acceptors (Lipinski definition) is 2. The van der Waals surface area contributed by atoms with E-state index in [-0.39, 0.29) is 12.4 Å². The lowest BCUT2D eigenvalue weighted by molar-refractivity contribution is 0.306. The van der Waals surface area contributed by atoms with Crippen LogP contribution in [0.1, 0.15) is 50.2 Å². The Balaban J connectivity index is 0.00000338. The topological polar surface area (TPSA) is 21.3 Å². The normalized spacial score (nSPS) is 10.4. The molecular weight excluding hydrogens is 389 g/mol. The minimum Gasteiger partial charge on any atom is -0.489 e. The van der Waals surface area contributed by atoms with Crippen LogP contribution in [0.2, 0.25) is 10.0 Å². The summed E-state index contributed by atoms with van der Waals surface area (Å²) in [7, 11) is 0. The van der Waals surface area contributed by atoms with Gasteiger partial charge in [-0.3, -0.25) is 0 Å². The van der Waals surface area contributed by atoms with Crippen LogP contribution in [0.25, 0.3) is 0 Å². The molecule has 0 heterocycles. The summed E-state index contributed by atoms with van der Waals surface area (Å²) < 4.78 is 5.87. The van der Waals surface area contributed by atoms with Gasteiger partial charge in [0.2, 0.25) is 0 Å². The standard InChI is InChI=1S/C21H27Cl2NO.ClH/c1-2-3-4-5-6-12-24-15-17-8-7-9-20(13-17)25-16-18-10-11-19(22)14-21(18)23;/h7-11,13-14,24H,2-6,12,15-16H2,1H3;1H. The van der Waals surface area contributed by atoms with Crippen LogP contribution in [0.5, 0.6) is 5.75 Å². The second-order valence-corrected chi connectivity index (χ2v) is 7.11. The molecule has 2 aromatic rings. The molecule has 0 aliphatic heterocycles. The number of halogens is 3. The molecule has 144 valence electrons. The quantitative estimate of drug-likeness (QED) is 0.396. The summed E-state index contributed by atoms with van der Waals surface area (Å²) in [6.07, 6.45) is 6.53. The van der Waals surface area contributed by atoms with Gasteiger partial charge in [-0.2, -0.15) is 0 Å². The first-order valence-electron chi connectivity index (χ1n) is 9.05. The maximum absolute atomic E-state index is 6.18. The van der Waals surface area contributed by atoms with E-state index in [2.05, 4.69) is 24.4 Å². The van der Waals surface area contributed by atoms with E-state index in [4.69, 9.17) is 27.9 Å². The van der Waals surface area contributed by atoms with E-state index in [0.29, 0.717) is 16.7 Å². The largest absolute Gasteiger partial charge is 0.489 e. The highest BCUT2D eigenvalue weighted by Gasteiger charge is 2.03. The van der Waals surface area contributed by atoms with Crippen molar-refractivity contribution in [1.82, 2.24) is 5.32 Å². The SMILES string of the molecule is CCCCCCCNCc1cccc(OCc2ccc(Cl)cc2Cl)c1.Cl. The Bertz CT molecular complexity index is 649. The lowest BCUT2D eigenvalue weighted by Gasteiger charge is -2.10. The summed E-state index contributed by atoms with van der Waals surface area (Å²) in [5, 5.41) is 4.77. The molecule has 0 spiro atoms. The second kappa shape index (κ2) is 13.3. The van der Waals surface area contributed by atoms with E-state index in [9.17, 15) is 0 Å². The number of ether oxygens (including phenoxy) is 1. The molecule has 0 saturated carbocycles. The van der Waals surface area contributed by atoms with Gasteiger partial charge in [-0.15, -0.1) is 12.4 Å². The van der Waals surface area contributed by atoms with Gasteiger partial charge in [0, 0.05) is 22.2 Å². The van der Waals surface area contributed by atoms with Crippen molar-refractivity contribution >= 4 is 35.6 Å². The third-order valence-electron chi connectivity index (χ3n) is 4.09. The minimum atomic E-state index is 0. The van der Waals surface area contributed by atoms with Crippen LogP contribution in [0.4, 0.5) is 0 Å². The van der Waals surface area contributed by atoms with Crippen LogP contribution in [-0.2, 0) is 13.2 Å². The molecule has 0 aliphatic carbocycles. The molecular formula is C21H28Cl3NO. The molecule has 26 heavy (non-hydrogen) atoms. The number of hydrogen-bond donors (Lipinski definition) is 1. The summed E-state index contributed by atoms with van der Waals surface area (Å²) in [5.41, 5.74) is 2.16. The maximum atomic E-state index is 6.18. The molecule has 0 amide bonds. The molecule has 0 unspecified atom stereocenters. The summed E-state index contributed by atoms with van der Waals surface area (Å²) in [6, 6.07) is 13.7. The van der Waals surface area contributed by atoms with Gasteiger partial charge in [0.25, 0.3) is 0 Å². The van der Waals surface area contributed by atoms with E-state index in [1.54, 1.807) is 6.07 Å². The van der Waals surface area contributed by atoms with Crippen molar-refractivity contribution in [2.24, 2.45) is 0 Å². The maximum Gasteiger partial charge on any atom is 0.120 e. The Labute approximate surface area is 173 Å². The highest BCUT2D eigenvalue weighted by atomic mass is 35.5. The fraction of sp³-hybridized carbons (Fsp3) is 0.429. The summed E-state index contributed by atoms with van der Waals surface area (Å²) in [5.74, 6) is 0.855. The Morgan fingerprint density at radius 3 is 2.54 bits per heavy atom. The van der Waals surface area contributed by atoms with Crippen molar-refractivity contribution in [3.05, 3.63) is 63.6 Å². The second-order valence-electron chi connectivity index (χ2n) is 6.26. The average molecular weight is 417 g/mol. The molecule has 2 aromatic carbocycles. The zero-order chi connectivity index (χ0) is 17.9. The van der Waals surface area contributed by atoms with Crippen molar-refractivity contribution in [3.63, 3.8) is 0 Å². The van der Waals surface area contributed by atoms with Gasteiger partial charge in [-0.1, -0.05) is 74.0 Å². The fourth-order valence-corrected chi connectivity index (χ4v) is 3.09. The number of rotatable bonds is 11.